The van der Waals surface area contributed by atoms with E-state index in [2.05, 4.69) is 6.07 Å². The summed E-state index contributed by atoms with van der Waals surface area (Å²) in [6, 6.07) is 12.2. The van der Waals surface area contributed by atoms with Crippen molar-refractivity contribution in [3.05, 3.63) is 53.6 Å². The molecule has 0 aliphatic carbocycles. The van der Waals surface area contributed by atoms with Crippen LogP contribution >= 0.6 is 0 Å². The number of hydrogen-bond acceptors (Lipinski definition) is 1. The summed E-state index contributed by atoms with van der Waals surface area (Å²) in [6.45, 7) is 1.98. The van der Waals surface area contributed by atoms with Gasteiger partial charge in [-0.15, -0.1) is 0 Å². The maximum atomic E-state index is 8.67. The van der Waals surface area contributed by atoms with Crippen LogP contribution in [0.15, 0.2) is 48.1 Å². The Morgan fingerprint density at radius 1 is 1.36 bits per heavy atom. The normalized spacial score (nSPS) is 11.6. The number of benzene rings is 1. The monoisotopic (exact) mass is 183 g/mol. The molecule has 0 unspecified atom stereocenters. The standard InChI is InChI=1S/C13H13N/c1-2-12(11-14)9-6-10-13-7-4-3-5-8-13/h3-10H,2H2,1H3. The molecule has 14 heavy (non-hydrogen) atoms. The van der Waals surface area contributed by atoms with E-state index in [4.69, 9.17) is 5.26 Å². The summed E-state index contributed by atoms with van der Waals surface area (Å²) in [7, 11) is 0. The number of nitriles is 1. The molecule has 0 bridgehead atoms. The molecule has 1 rings (SSSR count). The Morgan fingerprint density at radius 3 is 2.64 bits per heavy atom. The second-order valence-electron chi connectivity index (χ2n) is 2.93. The van der Waals surface area contributed by atoms with Gasteiger partial charge in [-0.1, -0.05) is 49.4 Å². The number of hydrogen-bond donors (Lipinski definition) is 0. The van der Waals surface area contributed by atoms with Crippen LogP contribution in [0.4, 0.5) is 0 Å². The van der Waals surface area contributed by atoms with Crippen molar-refractivity contribution in [3.63, 3.8) is 0 Å². The zero-order valence-corrected chi connectivity index (χ0v) is 8.27. The van der Waals surface area contributed by atoms with Gasteiger partial charge in [0.15, 0.2) is 0 Å². The van der Waals surface area contributed by atoms with E-state index in [0.29, 0.717) is 0 Å². The quantitative estimate of drug-likeness (QED) is 0.519. The van der Waals surface area contributed by atoms with Gasteiger partial charge in [0.2, 0.25) is 0 Å². The molecule has 0 aliphatic rings. The van der Waals surface area contributed by atoms with Gasteiger partial charge in [0.1, 0.15) is 0 Å². The lowest BCUT2D eigenvalue weighted by Gasteiger charge is -1.89. The molecule has 0 atom stereocenters. The molecule has 1 aromatic carbocycles. The van der Waals surface area contributed by atoms with Crippen LogP contribution in [0.2, 0.25) is 0 Å². The molecule has 0 amide bonds. The summed E-state index contributed by atoms with van der Waals surface area (Å²) in [6.07, 6.45) is 6.55. The Kier molecular flexibility index (Phi) is 4.23. The van der Waals surface area contributed by atoms with Crippen molar-refractivity contribution in [2.24, 2.45) is 0 Å². The Bertz CT molecular complexity index is 366. The minimum Gasteiger partial charge on any atom is -0.193 e. The first kappa shape index (κ1) is 10.3. The van der Waals surface area contributed by atoms with E-state index in [9.17, 15) is 0 Å². The van der Waals surface area contributed by atoms with Gasteiger partial charge in [-0.3, -0.25) is 0 Å². The van der Waals surface area contributed by atoms with Crippen LogP contribution < -0.4 is 0 Å². The lowest BCUT2D eigenvalue weighted by Crippen LogP contribution is -1.72. The summed E-state index contributed by atoms with van der Waals surface area (Å²) < 4.78 is 0. The largest absolute Gasteiger partial charge is 0.193 e. The molecule has 0 spiro atoms. The zero-order chi connectivity index (χ0) is 10.2. The van der Waals surface area contributed by atoms with E-state index in [1.807, 2.05) is 55.5 Å². The average molecular weight is 183 g/mol. The second kappa shape index (κ2) is 5.77. The maximum absolute atomic E-state index is 8.67. The van der Waals surface area contributed by atoms with Gasteiger partial charge in [-0.05, 0) is 18.1 Å². The van der Waals surface area contributed by atoms with E-state index in [0.717, 1.165) is 17.6 Å². The smallest absolute Gasteiger partial charge is 0.0946 e. The van der Waals surface area contributed by atoms with E-state index in [-0.39, 0.29) is 0 Å². The van der Waals surface area contributed by atoms with Gasteiger partial charge in [0.05, 0.1) is 6.07 Å². The van der Waals surface area contributed by atoms with E-state index < -0.39 is 0 Å². The molecular weight excluding hydrogens is 170 g/mol. The Balaban J connectivity index is 2.67. The third-order valence-corrected chi connectivity index (χ3v) is 1.91. The SMILES string of the molecule is CCC(C#N)=CC=Cc1ccccc1. The Hall–Kier alpha value is -1.81. The molecule has 1 heteroatoms. The van der Waals surface area contributed by atoms with Crippen LogP contribution in [-0.4, -0.2) is 0 Å². The topological polar surface area (TPSA) is 23.8 Å². The van der Waals surface area contributed by atoms with Gasteiger partial charge < -0.3 is 0 Å². The third kappa shape index (κ3) is 3.28. The molecule has 1 nitrogen and oxygen atoms in total. The predicted molar refractivity (Wildman–Crippen MR) is 59.5 cm³/mol. The Labute approximate surface area is 85.0 Å². The van der Waals surface area contributed by atoms with Gasteiger partial charge in [0.25, 0.3) is 0 Å². The van der Waals surface area contributed by atoms with Crippen molar-refractivity contribution in [3.8, 4) is 6.07 Å². The molecule has 0 heterocycles. The zero-order valence-electron chi connectivity index (χ0n) is 8.27. The number of nitrogens with zero attached hydrogens (tertiary/aromatic N) is 1. The highest BCUT2D eigenvalue weighted by Crippen LogP contribution is 2.03. The van der Waals surface area contributed by atoms with Gasteiger partial charge >= 0.3 is 0 Å². The summed E-state index contributed by atoms with van der Waals surface area (Å²) in [5, 5.41) is 8.67. The lowest BCUT2D eigenvalue weighted by molar-refractivity contribution is 1.15. The molecule has 0 aliphatic heterocycles. The third-order valence-electron chi connectivity index (χ3n) is 1.91. The fourth-order valence-electron chi connectivity index (χ4n) is 1.07. The van der Waals surface area contributed by atoms with Crippen molar-refractivity contribution in [1.29, 1.82) is 5.26 Å². The molecule has 0 saturated heterocycles. The maximum Gasteiger partial charge on any atom is 0.0946 e. The molecule has 0 radical (unpaired) electrons. The molecular formula is C13H13N. The van der Waals surface area contributed by atoms with Crippen molar-refractivity contribution < 1.29 is 0 Å². The average Bonchev–Trinajstić information content (AvgIpc) is 2.26. The van der Waals surface area contributed by atoms with E-state index >= 15 is 0 Å². The minimum absolute atomic E-state index is 0.787. The van der Waals surface area contributed by atoms with Gasteiger partial charge in [0, 0.05) is 5.57 Å². The van der Waals surface area contributed by atoms with E-state index in [1.165, 1.54) is 0 Å². The van der Waals surface area contributed by atoms with Crippen molar-refractivity contribution in [2.75, 3.05) is 0 Å². The highest BCUT2D eigenvalue weighted by atomic mass is 14.2. The summed E-state index contributed by atoms with van der Waals surface area (Å²) in [5.41, 5.74) is 1.95. The highest BCUT2D eigenvalue weighted by Gasteiger charge is 1.86. The van der Waals surface area contributed by atoms with Crippen LogP contribution in [0.25, 0.3) is 6.08 Å². The highest BCUT2D eigenvalue weighted by molar-refractivity contribution is 5.51. The fourth-order valence-corrected chi connectivity index (χ4v) is 1.07. The fraction of sp³-hybridized carbons (Fsp3) is 0.154. The van der Waals surface area contributed by atoms with Crippen LogP contribution in [-0.2, 0) is 0 Å². The van der Waals surface area contributed by atoms with Crippen LogP contribution in [0.5, 0.6) is 0 Å². The summed E-state index contributed by atoms with van der Waals surface area (Å²) >= 11 is 0. The first-order chi connectivity index (χ1) is 6.86. The minimum atomic E-state index is 0.787. The first-order valence-electron chi connectivity index (χ1n) is 4.69. The van der Waals surface area contributed by atoms with Crippen molar-refractivity contribution in [2.45, 2.75) is 13.3 Å². The van der Waals surface area contributed by atoms with Gasteiger partial charge in [-0.2, -0.15) is 5.26 Å². The first-order valence-corrected chi connectivity index (χ1v) is 4.69. The van der Waals surface area contributed by atoms with Gasteiger partial charge in [-0.25, -0.2) is 0 Å². The Morgan fingerprint density at radius 2 is 2.07 bits per heavy atom. The van der Waals surface area contributed by atoms with Crippen LogP contribution in [0, 0.1) is 11.3 Å². The van der Waals surface area contributed by atoms with Crippen LogP contribution in [0.1, 0.15) is 18.9 Å². The molecule has 1 aromatic rings. The molecule has 0 saturated carbocycles. The number of allylic oxidation sites excluding steroid dienone is 3. The molecule has 0 aromatic heterocycles. The van der Waals surface area contributed by atoms with E-state index in [1.54, 1.807) is 0 Å². The molecule has 70 valence electrons. The summed E-state index contributed by atoms with van der Waals surface area (Å²) in [4.78, 5) is 0. The molecule has 0 fully saturated rings. The lowest BCUT2D eigenvalue weighted by atomic mass is 10.2. The summed E-state index contributed by atoms with van der Waals surface area (Å²) in [5.74, 6) is 0. The number of rotatable bonds is 3. The predicted octanol–water partition coefficient (Wildman–Crippen LogP) is 3.56. The molecule has 0 N–H and O–H groups in total. The second-order valence-corrected chi connectivity index (χ2v) is 2.93. The van der Waals surface area contributed by atoms with Crippen LogP contribution in [0.3, 0.4) is 0 Å². The van der Waals surface area contributed by atoms with Crippen molar-refractivity contribution >= 4 is 6.08 Å². The van der Waals surface area contributed by atoms with Crippen molar-refractivity contribution in [1.82, 2.24) is 0 Å².